The molecule has 0 unspecified atom stereocenters. The normalized spacial score (nSPS) is 18.5. The smallest absolute Gasteiger partial charge is 0.407 e. The molecule has 0 spiro atoms. The molecule has 9 aromatic rings. The van der Waals surface area contributed by atoms with E-state index in [0.29, 0.717) is 92.4 Å². The predicted molar refractivity (Wildman–Crippen MR) is 380 cm³/mol. The molecule has 2 amide bonds. The zero-order valence-electron chi connectivity index (χ0n) is 59.9. The number of alkyl carbamates (subject to hydrolysis) is 2. The summed E-state index contributed by atoms with van der Waals surface area (Å²) in [6, 6.07) is 19.5. The molecule has 3 aliphatic rings. The number of pyridine rings is 3. The van der Waals surface area contributed by atoms with Crippen LogP contribution in [0.15, 0.2) is 50.0 Å². The molecule has 0 radical (unpaired) electrons. The van der Waals surface area contributed by atoms with Gasteiger partial charge < -0.3 is 54.5 Å². The first kappa shape index (κ1) is 73.4. The number of rotatable bonds is 7. The average molecular weight is 1370 g/mol. The Bertz CT molecular complexity index is 4620. The number of benzene rings is 3. The summed E-state index contributed by atoms with van der Waals surface area (Å²) in [5, 5.41) is 52.7. The van der Waals surface area contributed by atoms with Crippen LogP contribution in [0.4, 0.5) is 21.2 Å². The molecule has 26 heteroatoms. The molecular weight excluding hydrogens is 1280 g/mol. The van der Waals surface area contributed by atoms with Gasteiger partial charge in [-0.3, -0.25) is 0 Å². The maximum atomic E-state index is 12.3. The number of hydrogen-bond donors (Lipinski definition) is 4. The van der Waals surface area contributed by atoms with E-state index in [-0.39, 0.29) is 41.5 Å². The highest BCUT2D eigenvalue weighted by Gasteiger charge is 2.35. The maximum absolute atomic E-state index is 12.3. The van der Waals surface area contributed by atoms with Crippen molar-refractivity contribution in [1.29, 1.82) is 15.8 Å². The Morgan fingerprint density at radius 3 is 1.28 bits per heavy atom. The van der Waals surface area contributed by atoms with Crippen molar-refractivity contribution >= 4 is 68.1 Å². The SMILES string of the molecule is C[C@@H]1C[C@H](NC(=O)OC(C)(C)C)CCN1.Cc1cc(C#N)c2nc(Cl)c(-c3nc(C)no3)c(C)c2c1.Cc1cc(C#N)c2nc(N3CC[C@@H](N)C[C@H]3C)c(-c3nc(C)no3)c(C)c2c1.Cc1cc(C#N)c2nc(N3CC[C@@H](NC(=O)OC(C)(C)C)C[C@H]3C)c(-c3nc(C)no3)c(C)c2c1. The van der Waals surface area contributed by atoms with Crippen molar-refractivity contribution in [2.45, 2.75) is 211 Å². The van der Waals surface area contributed by atoms with E-state index in [2.05, 4.69) is 106 Å². The predicted octanol–water partition coefficient (Wildman–Crippen LogP) is 13.7. The molecule has 9 heterocycles. The van der Waals surface area contributed by atoms with Gasteiger partial charge in [-0.05, 0) is 239 Å². The standard InChI is InChI=1S/C26H32N6O3.C21H24N6O.C15H11ClN4O.C11H22N2O2/c1-14-10-18(13-27)22-20(11-14)16(3)21(24-28-17(4)31-35-24)23(30-22)32-9-8-19(12-15(32)2)29-25(33)34-26(5,6)7;1-11-7-15(10-22)19-17(8-11)13(3)18(21-24-14(4)26-28-21)20(25-19)27-6-5-16(23)9-12(27)2;1-7-4-10(6-17)13-11(5-7)8(2)12(14(16)19-13)15-18-9(3)20-21-15;1-8-7-9(5-6-12-8)13-10(14)15-11(2,3)4/h10-11,15,19H,8-9,12H2,1-7H3,(H,29,33);7-8,12,16H,5-6,9,23H2,1-4H3;4-5H,1-3H3;8-9,12H,5-7H2,1-4H3,(H,13,14)/t15-,19-;12-,16-;;8-,9-/m11.1/s1. The van der Waals surface area contributed by atoms with E-state index in [0.717, 1.165) is 118 Å². The quantitative estimate of drug-likeness (QED) is 0.108. The van der Waals surface area contributed by atoms with Gasteiger partial charge in [0.2, 0.25) is 0 Å². The Labute approximate surface area is 582 Å². The number of hydrogen-bond acceptors (Lipinski definition) is 23. The number of nitrogens with two attached hydrogens (primary N) is 1. The number of ether oxygens (including phenoxy) is 2. The second-order valence-electron chi connectivity index (χ2n) is 28.1. The molecule has 3 saturated heterocycles. The molecular formula is C73H89ClN18O7. The number of nitriles is 3. The molecule has 5 N–H and O–H groups in total. The number of fused-ring (bicyclic) bond motifs is 3. The number of aromatic nitrogens is 9. The lowest BCUT2D eigenvalue weighted by Gasteiger charge is -2.39. The van der Waals surface area contributed by atoms with Gasteiger partial charge in [0.05, 0.1) is 49.9 Å². The van der Waals surface area contributed by atoms with Crippen molar-refractivity contribution < 1.29 is 32.6 Å². The highest BCUT2D eigenvalue weighted by molar-refractivity contribution is 6.32. The number of aryl methyl sites for hydroxylation is 9. The Balaban J connectivity index is 0.000000161. The van der Waals surface area contributed by atoms with E-state index < -0.39 is 17.3 Å². The lowest BCUT2D eigenvalue weighted by Crippen LogP contribution is -2.50. The van der Waals surface area contributed by atoms with Crippen molar-refractivity contribution in [3.8, 4) is 52.6 Å². The fourth-order valence-electron chi connectivity index (χ4n) is 12.9. The monoisotopic (exact) mass is 1360 g/mol. The molecule has 0 bridgehead atoms. The molecule has 520 valence electrons. The third kappa shape index (κ3) is 17.5. The van der Waals surface area contributed by atoms with Crippen LogP contribution in [0.3, 0.4) is 0 Å². The van der Waals surface area contributed by atoms with Crippen LogP contribution in [0.2, 0.25) is 5.15 Å². The molecule has 0 saturated carbocycles. The fraction of sp³-hybridized carbons (Fsp3) is 0.479. The third-order valence-corrected chi connectivity index (χ3v) is 17.7. The first-order valence-electron chi connectivity index (χ1n) is 33.4. The molecule has 3 aliphatic heterocycles. The van der Waals surface area contributed by atoms with E-state index in [1.54, 1.807) is 26.8 Å². The molecule has 0 aliphatic carbocycles. The van der Waals surface area contributed by atoms with Crippen molar-refractivity contribution in [3.05, 3.63) is 109 Å². The number of carbonyl (C=O) groups excluding carboxylic acids is 2. The number of piperidine rings is 3. The maximum Gasteiger partial charge on any atom is 0.407 e. The highest BCUT2D eigenvalue weighted by Crippen LogP contribution is 2.42. The number of carbonyl (C=O) groups is 2. The van der Waals surface area contributed by atoms with Gasteiger partial charge in [-0.2, -0.15) is 30.7 Å². The molecule has 12 rings (SSSR count). The van der Waals surface area contributed by atoms with Crippen LogP contribution in [0, 0.1) is 96.3 Å². The second kappa shape index (κ2) is 30.5. The number of nitrogens with zero attached hydrogens (tertiary/aromatic N) is 14. The van der Waals surface area contributed by atoms with Crippen LogP contribution >= 0.6 is 11.6 Å². The number of halogens is 1. The highest BCUT2D eigenvalue weighted by atomic mass is 35.5. The van der Waals surface area contributed by atoms with Crippen LogP contribution in [0.1, 0.15) is 168 Å². The Morgan fingerprint density at radius 1 is 0.545 bits per heavy atom. The average Bonchev–Trinajstić information content (AvgIpc) is 1.64. The minimum Gasteiger partial charge on any atom is -0.444 e. The topological polar surface area (TPSA) is 348 Å². The van der Waals surface area contributed by atoms with Gasteiger partial charge in [0, 0.05) is 65.5 Å². The van der Waals surface area contributed by atoms with Gasteiger partial charge in [-0.1, -0.05) is 27.1 Å². The molecule has 99 heavy (non-hydrogen) atoms. The van der Waals surface area contributed by atoms with Crippen molar-refractivity contribution in [2.75, 3.05) is 29.4 Å². The van der Waals surface area contributed by atoms with E-state index in [1.165, 1.54) is 0 Å². The summed E-state index contributed by atoms with van der Waals surface area (Å²) >= 11 is 6.27. The van der Waals surface area contributed by atoms with E-state index in [9.17, 15) is 25.4 Å². The Hall–Kier alpha value is -9.87. The summed E-state index contributed by atoms with van der Waals surface area (Å²) in [5.74, 6) is 4.35. The Kier molecular flexibility index (Phi) is 22.6. The van der Waals surface area contributed by atoms with E-state index in [1.807, 2.05) is 107 Å². The summed E-state index contributed by atoms with van der Waals surface area (Å²) < 4.78 is 27.0. The molecule has 3 fully saturated rings. The van der Waals surface area contributed by atoms with Crippen molar-refractivity contribution in [1.82, 2.24) is 61.3 Å². The van der Waals surface area contributed by atoms with Gasteiger partial charge >= 0.3 is 12.2 Å². The summed E-state index contributed by atoms with van der Waals surface area (Å²) in [7, 11) is 0. The summed E-state index contributed by atoms with van der Waals surface area (Å²) in [4.78, 5) is 55.7. The number of anilines is 2. The number of amides is 2. The van der Waals surface area contributed by atoms with E-state index >= 15 is 0 Å². The second-order valence-corrected chi connectivity index (χ2v) is 28.5. The Morgan fingerprint density at radius 2 is 0.919 bits per heavy atom. The van der Waals surface area contributed by atoms with Gasteiger partial charge in [0.1, 0.15) is 46.2 Å². The van der Waals surface area contributed by atoms with Crippen molar-refractivity contribution in [3.63, 3.8) is 0 Å². The molecule has 3 aromatic carbocycles. The molecule has 6 atom stereocenters. The van der Waals surface area contributed by atoms with Gasteiger partial charge in [-0.15, -0.1) is 0 Å². The lowest BCUT2D eigenvalue weighted by molar-refractivity contribution is 0.0480. The minimum atomic E-state index is -0.545. The first-order valence-corrected chi connectivity index (χ1v) is 33.7. The lowest BCUT2D eigenvalue weighted by atomic mass is 9.95. The van der Waals surface area contributed by atoms with Crippen LogP contribution < -0.4 is 31.5 Å². The molecule has 6 aromatic heterocycles. The first-order chi connectivity index (χ1) is 46.7. The van der Waals surface area contributed by atoms with Gasteiger partial charge in [0.15, 0.2) is 17.5 Å². The zero-order valence-corrected chi connectivity index (χ0v) is 60.6. The van der Waals surface area contributed by atoms with E-state index in [4.69, 9.17) is 50.3 Å². The minimum absolute atomic E-state index is 0.0101. The third-order valence-electron chi connectivity index (χ3n) is 17.4. The molecule has 25 nitrogen and oxygen atoms in total. The van der Waals surface area contributed by atoms with Crippen LogP contribution in [-0.4, -0.2) is 125 Å². The van der Waals surface area contributed by atoms with Crippen LogP contribution in [0.25, 0.3) is 67.1 Å². The zero-order chi connectivity index (χ0) is 72.1. The summed E-state index contributed by atoms with van der Waals surface area (Å²) in [6.45, 7) is 37.1. The van der Waals surface area contributed by atoms with Crippen molar-refractivity contribution in [2.24, 2.45) is 5.73 Å². The van der Waals surface area contributed by atoms with Crippen LogP contribution in [-0.2, 0) is 9.47 Å². The summed E-state index contributed by atoms with van der Waals surface area (Å²) in [5.41, 5.74) is 16.8. The van der Waals surface area contributed by atoms with Gasteiger partial charge in [-0.25, -0.2) is 24.5 Å². The van der Waals surface area contributed by atoms with Crippen LogP contribution in [0.5, 0.6) is 0 Å². The fourth-order valence-corrected chi connectivity index (χ4v) is 13.2. The van der Waals surface area contributed by atoms with Gasteiger partial charge in [0.25, 0.3) is 17.7 Å². The largest absolute Gasteiger partial charge is 0.444 e. The summed E-state index contributed by atoms with van der Waals surface area (Å²) in [6.07, 6.45) is 4.47. The number of nitrogens with one attached hydrogen (secondary N) is 3.